The number of quaternary nitrogens is 1. The summed E-state index contributed by atoms with van der Waals surface area (Å²) in [7, 11) is 0. The molecule has 2 fully saturated rings. The number of Topliss-reactive ketones (excluding diaryl/α,β-unsaturated/α-hetero) is 1. The van der Waals surface area contributed by atoms with E-state index in [0.717, 1.165) is 19.3 Å². The highest BCUT2D eigenvalue weighted by molar-refractivity contribution is 5.82. The van der Waals surface area contributed by atoms with Crippen LogP contribution in [0.4, 0.5) is 0 Å². The van der Waals surface area contributed by atoms with Crippen molar-refractivity contribution in [2.45, 2.75) is 63.3 Å². The zero-order valence-electron chi connectivity index (χ0n) is 9.06. The first kappa shape index (κ1) is 10.2. The summed E-state index contributed by atoms with van der Waals surface area (Å²) in [6.45, 7) is 0. The Labute approximate surface area is 86.2 Å². The fourth-order valence-electron chi connectivity index (χ4n) is 3.23. The number of rotatable bonds is 1. The molecule has 2 aliphatic carbocycles. The van der Waals surface area contributed by atoms with Crippen molar-refractivity contribution in [3.05, 3.63) is 0 Å². The van der Waals surface area contributed by atoms with E-state index in [1.54, 1.807) is 0 Å². The summed E-state index contributed by atoms with van der Waals surface area (Å²) in [5, 5.41) is 0. The van der Waals surface area contributed by atoms with Gasteiger partial charge in [0.1, 0.15) is 11.3 Å². The summed E-state index contributed by atoms with van der Waals surface area (Å²) in [4.78, 5) is 11.9. The number of carbonyl (C=O) groups is 1. The summed E-state index contributed by atoms with van der Waals surface area (Å²) >= 11 is 0. The molecule has 0 aromatic carbocycles. The van der Waals surface area contributed by atoms with Crippen molar-refractivity contribution in [3.63, 3.8) is 0 Å². The Morgan fingerprint density at radius 3 is 2.43 bits per heavy atom. The molecule has 80 valence electrons. The van der Waals surface area contributed by atoms with Crippen molar-refractivity contribution in [2.75, 3.05) is 0 Å². The van der Waals surface area contributed by atoms with Gasteiger partial charge >= 0.3 is 0 Å². The third-order valence-electron chi connectivity index (χ3n) is 4.14. The minimum atomic E-state index is 0.121. The first-order valence-electron chi connectivity index (χ1n) is 6.10. The lowest BCUT2D eigenvalue weighted by atomic mass is 9.67. The van der Waals surface area contributed by atoms with Crippen molar-refractivity contribution in [2.24, 2.45) is 5.92 Å². The predicted octanol–water partition coefficient (Wildman–Crippen LogP) is 1.69. The molecule has 0 amide bonds. The molecule has 0 bridgehead atoms. The zero-order valence-corrected chi connectivity index (χ0v) is 9.06. The van der Waals surface area contributed by atoms with Crippen LogP contribution >= 0.6 is 0 Å². The van der Waals surface area contributed by atoms with Crippen LogP contribution in [0.5, 0.6) is 0 Å². The summed E-state index contributed by atoms with van der Waals surface area (Å²) < 4.78 is 0. The Hall–Kier alpha value is -0.370. The lowest BCUT2D eigenvalue weighted by Crippen LogP contribution is -2.77. The van der Waals surface area contributed by atoms with Gasteiger partial charge in [-0.2, -0.15) is 0 Å². The van der Waals surface area contributed by atoms with Gasteiger partial charge in [-0.1, -0.05) is 12.8 Å². The topological polar surface area (TPSA) is 44.7 Å². The molecule has 2 aliphatic rings. The number of carbonyl (C=O) groups excluding carboxylic acids is 1. The van der Waals surface area contributed by atoms with E-state index in [2.05, 4.69) is 5.73 Å². The maximum absolute atomic E-state index is 11.9. The van der Waals surface area contributed by atoms with Crippen LogP contribution in [0, 0.1) is 5.92 Å². The smallest absolute Gasteiger partial charge is 0.142 e. The molecule has 0 aromatic rings. The number of hydrogen-bond donors (Lipinski definition) is 1. The Bertz CT molecular complexity index is 218. The molecule has 2 heteroatoms. The van der Waals surface area contributed by atoms with Crippen LogP contribution in [0.15, 0.2) is 0 Å². The lowest BCUT2D eigenvalue weighted by Gasteiger charge is -2.38. The summed E-state index contributed by atoms with van der Waals surface area (Å²) in [5.41, 5.74) is 4.50. The Balaban J connectivity index is 2.06. The first-order chi connectivity index (χ1) is 6.72. The Morgan fingerprint density at radius 1 is 1.07 bits per heavy atom. The molecule has 2 nitrogen and oxygen atoms in total. The van der Waals surface area contributed by atoms with Crippen LogP contribution in [0.3, 0.4) is 0 Å². The molecular formula is C12H22NO+. The van der Waals surface area contributed by atoms with E-state index in [9.17, 15) is 4.79 Å². The van der Waals surface area contributed by atoms with Gasteiger partial charge in [-0.15, -0.1) is 0 Å². The predicted molar refractivity (Wildman–Crippen MR) is 55.7 cm³/mol. The van der Waals surface area contributed by atoms with E-state index in [-0.39, 0.29) is 5.54 Å². The second kappa shape index (κ2) is 4.01. The summed E-state index contributed by atoms with van der Waals surface area (Å²) in [6.07, 6.45) is 10.6. The second-order valence-electron chi connectivity index (χ2n) is 5.19. The fourth-order valence-corrected chi connectivity index (χ4v) is 3.23. The molecule has 2 rings (SSSR count). The second-order valence-corrected chi connectivity index (χ2v) is 5.19. The van der Waals surface area contributed by atoms with Crippen molar-refractivity contribution >= 4 is 5.78 Å². The van der Waals surface area contributed by atoms with E-state index in [1.165, 1.54) is 38.5 Å². The average molecular weight is 196 g/mol. The maximum Gasteiger partial charge on any atom is 0.142 e. The van der Waals surface area contributed by atoms with E-state index < -0.39 is 0 Å². The Kier molecular flexibility index (Phi) is 2.91. The molecule has 0 spiro atoms. The van der Waals surface area contributed by atoms with E-state index in [4.69, 9.17) is 0 Å². The van der Waals surface area contributed by atoms with Crippen LogP contribution in [-0.2, 0) is 4.79 Å². The molecule has 1 atom stereocenters. The van der Waals surface area contributed by atoms with Gasteiger partial charge in [-0.3, -0.25) is 4.79 Å². The normalized spacial score (nSPS) is 32.9. The van der Waals surface area contributed by atoms with Crippen LogP contribution in [0.25, 0.3) is 0 Å². The molecule has 0 unspecified atom stereocenters. The van der Waals surface area contributed by atoms with Crippen molar-refractivity contribution in [1.29, 1.82) is 0 Å². The largest absolute Gasteiger partial charge is 0.352 e. The molecule has 3 N–H and O–H groups in total. The zero-order chi connectivity index (χ0) is 10.0. The third-order valence-corrected chi connectivity index (χ3v) is 4.14. The minimum absolute atomic E-state index is 0.121. The Morgan fingerprint density at radius 2 is 1.79 bits per heavy atom. The van der Waals surface area contributed by atoms with Gasteiger partial charge in [0, 0.05) is 19.3 Å². The van der Waals surface area contributed by atoms with Crippen molar-refractivity contribution in [1.82, 2.24) is 0 Å². The molecule has 2 saturated carbocycles. The van der Waals surface area contributed by atoms with Gasteiger partial charge in [0.2, 0.25) is 0 Å². The van der Waals surface area contributed by atoms with Gasteiger partial charge in [-0.25, -0.2) is 0 Å². The van der Waals surface area contributed by atoms with Gasteiger partial charge in [0.15, 0.2) is 0 Å². The maximum atomic E-state index is 11.9. The molecular weight excluding hydrogens is 174 g/mol. The molecule has 0 radical (unpaired) electrons. The van der Waals surface area contributed by atoms with Gasteiger partial charge in [0.25, 0.3) is 0 Å². The number of ketones is 1. The highest BCUT2D eigenvalue weighted by atomic mass is 16.1. The molecule has 0 saturated heterocycles. The molecule has 0 aliphatic heterocycles. The van der Waals surface area contributed by atoms with E-state index in [0.29, 0.717) is 11.7 Å². The van der Waals surface area contributed by atoms with Crippen LogP contribution in [-0.4, -0.2) is 11.3 Å². The third kappa shape index (κ3) is 1.85. The fraction of sp³-hybridized carbons (Fsp3) is 0.917. The van der Waals surface area contributed by atoms with Gasteiger partial charge in [-0.05, 0) is 25.7 Å². The van der Waals surface area contributed by atoms with Gasteiger partial charge in [0.05, 0.1) is 5.92 Å². The van der Waals surface area contributed by atoms with Crippen LogP contribution in [0.2, 0.25) is 0 Å². The summed E-state index contributed by atoms with van der Waals surface area (Å²) in [5.74, 6) is 0.810. The monoisotopic (exact) mass is 196 g/mol. The molecule has 0 heterocycles. The van der Waals surface area contributed by atoms with Crippen LogP contribution in [0.1, 0.15) is 57.8 Å². The van der Waals surface area contributed by atoms with Crippen molar-refractivity contribution < 1.29 is 10.5 Å². The highest BCUT2D eigenvalue weighted by Gasteiger charge is 2.44. The van der Waals surface area contributed by atoms with E-state index in [1.807, 2.05) is 0 Å². The highest BCUT2D eigenvalue weighted by Crippen LogP contribution is 2.36. The van der Waals surface area contributed by atoms with Crippen LogP contribution < -0.4 is 5.73 Å². The molecule has 0 aromatic heterocycles. The SMILES string of the molecule is [NH3+]C1([C@@H]2CCCCC2=O)CCCCC1. The lowest BCUT2D eigenvalue weighted by molar-refractivity contribution is -0.496. The molecule has 14 heavy (non-hydrogen) atoms. The van der Waals surface area contributed by atoms with Crippen molar-refractivity contribution in [3.8, 4) is 0 Å². The number of hydrogen-bond acceptors (Lipinski definition) is 1. The standard InChI is InChI=1S/C12H21NO/c13-12(8-4-1-5-9-12)10-6-2-3-7-11(10)14/h10H,1-9,13H2/p+1/t10-/m1/s1. The average Bonchev–Trinajstić information content (AvgIpc) is 2.19. The quantitative estimate of drug-likeness (QED) is 0.681. The minimum Gasteiger partial charge on any atom is -0.352 e. The van der Waals surface area contributed by atoms with E-state index >= 15 is 0 Å². The first-order valence-corrected chi connectivity index (χ1v) is 6.10. The van der Waals surface area contributed by atoms with Gasteiger partial charge < -0.3 is 5.73 Å². The summed E-state index contributed by atoms with van der Waals surface area (Å²) in [6, 6.07) is 0.